The molecule has 0 rings (SSSR count). The van der Waals surface area contributed by atoms with Crippen LogP contribution < -0.4 is 5.32 Å². The van der Waals surface area contributed by atoms with Gasteiger partial charge in [-0.15, -0.1) is 0 Å². The van der Waals surface area contributed by atoms with Crippen LogP contribution in [-0.2, 0) is 14.3 Å². The molecule has 2 atom stereocenters. The second-order valence-corrected chi connectivity index (χ2v) is 16.3. The Kier molecular flexibility index (Phi) is 48.7. The van der Waals surface area contributed by atoms with E-state index in [9.17, 15) is 4.79 Å². The molecule has 53 heavy (non-hydrogen) atoms. The van der Waals surface area contributed by atoms with Crippen LogP contribution in [-0.4, -0.2) is 76.1 Å². The van der Waals surface area contributed by atoms with Crippen LogP contribution in [0.5, 0.6) is 0 Å². The van der Waals surface area contributed by atoms with Crippen molar-refractivity contribution in [2.45, 2.75) is 227 Å². The number of likely N-dealkylation sites (N-methyl/N-ethyl adjacent to an activating group) is 1. The van der Waals surface area contributed by atoms with Gasteiger partial charge in [0.1, 0.15) is 0 Å². The van der Waals surface area contributed by atoms with Crippen LogP contribution in [0.4, 0.5) is 0 Å². The van der Waals surface area contributed by atoms with E-state index in [4.69, 9.17) is 14.6 Å². The number of methoxy groups -OCH3 is 1. The molecule has 0 aliphatic heterocycles. The summed E-state index contributed by atoms with van der Waals surface area (Å²) in [6.45, 7) is 15.5. The first-order valence-corrected chi connectivity index (χ1v) is 23.6. The van der Waals surface area contributed by atoms with E-state index in [1.165, 1.54) is 199 Å². The van der Waals surface area contributed by atoms with Crippen molar-refractivity contribution in [2.24, 2.45) is 11.8 Å². The molecule has 0 radical (unpaired) electrons. The van der Waals surface area contributed by atoms with E-state index >= 15 is 0 Å². The molecule has 0 aliphatic carbocycles. The van der Waals surface area contributed by atoms with Crippen LogP contribution in [0.3, 0.4) is 0 Å². The lowest BCUT2D eigenvalue weighted by molar-refractivity contribution is -0.149. The Hall–Kier alpha value is -0.690. The summed E-state index contributed by atoms with van der Waals surface area (Å²) < 4.78 is 10.9. The highest BCUT2D eigenvalue weighted by Crippen LogP contribution is 2.21. The van der Waals surface area contributed by atoms with Crippen LogP contribution in [0.15, 0.2) is 0 Å². The smallest absolute Gasteiger partial charge is 0.308 e. The second-order valence-electron chi connectivity index (χ2n) is 16.3. The third-order valence-electron chi connectivity index (χ3n) is 10.9. The SMILES string of the molecule is CCCCCCCC(C)CO.CCCCCCCC(CCCCCC)C(=O)OCCCCCCCCCN(CCCCCCCCCOC)CCNC. The number of carbonyl (C=O) groups excluding carboxylic acids is 1. The predicted molar refractivity (Wildman–Crippen MR) is 233 cm³/mol. The van der Waals surface area contributed by atoms with Crippen LogP contribution in [0.25, 0.3) is 0 Å². The van der Waals surface area contributed by atoms with E-state index < -0.39 is 0 Å². The van der Waals surface area contributed by atoms with E-state index in [0.29, 0.717) is 19.1 Å². The fraction of sp³-hybridized carbons (Fsp3) is 0.979. The third-order valence-corrected chi connectivity index (χ3v) is 10.9. The Morgan fingerprint density at radius 3 is 1.40 bits per heavy atom. The first-order valence-electron chi connectivity index (χ1n) is 23.6. The minimum Gasteiger partial charge on any atom is -0.465 e. The number of hydrogen-bond acceptors (Lipinski definition) is 6. The summed E-state index contributed by atoms with van der Waals surface area (Å²) in [7, 11) is 3.86. The molecule has 6 heteroatoms. The monoisotopic (exact) mass is 755 g/mol. The number of ether oxygens (including phenoxy) is 2. The molecular weight excluding hydrogens is 657 g/mol. The second kappa shape index (κ2) is 47.5. The highest BCUT2D eigenvalue weighted by Gasteiger charge is 2.19. The van der Waals surface area contributed by atoms with Crippen molar-refractivity contribution in [3.05, 3.63) is 0 Å². The van der Waals surface area contributed by atoms with Crippen molar-refractivity contribution in [1.29, 1.82) is 0 Å². The summed E-state index contributed by atoms with van der Waals surface area (Å²) in [4.78, 5) is 15.4. The maximum Gasteiger partial charge on any atom is 0.308 e. The summed E-state index contributed by atoms with van der Waals surface area (Å²) >= 11 is 0. The van der Waals surface area contributed by atoms with Gasteiger partial charge in [-0.25, -0.2) is 0 Å². The molecule has 0 aliphatic rings. The zero-order valence-electron chi connectivity index (χ0n) is 37.1. The molecule has 0 amide bonds. The standard InChI is InChI=1S/C37H76N2O3.C10H22O/c1-5-7-9-17-23-29-36(28-22-10-8-6-2)37(40)42-35-27-21-16-12-14-19-25-32-39(33-30-38-3)31-24-18-13-11-15-20-26-34-41-4;1-3-4-5-6-7-8-10(2)9-11/h36,38H,5-35H2,1-4H3;10-11H,3-9H2,1-2H3. The van der Waals surface area contributed by atoms with Gasteiger partial charge in [0.2, 0.25) is 0 Å². The number of nitrogens with one attached hydrogen (secondary N) is 1. The summed E-state index contributed by atoms with van der Waals surface area (Å²) in [6, 6.07) is 0. The average Bonchev–Trinajstić information content (AvgIpc) is 3.17. The molecule has 0 aromatic heterocycles. The number of esters is 1. The highest BCUT2D eigenvalue weighted by molar-refractivity contribution is 5.72. The molecule has 0 fully saturated rings. The summed E-state index contributed by atoms with van der Waals surface area (Å²) in [5, 5.41) is 12.1. The van der Waals surface area contributed by atoms with Crippen LogP contribution in [0.2, 0.25) is 0 Å². The van der Waals surface area contributed by atoms with Crippen LogP contribution in [0.1, 0.15) is 227 Å². The van der Waals surface area contributed by atoms with Crippen molar-refractivity contribution < 1.29 is 19.4 Å². The van der Waals surface area contributed by atoms with Crippen molar-refractivity contribution in [3.8, 4) is 0 Å². The first-order chi connectivity index (χ1) is 26.0. The highest BCUT2D eigenvalue weighted by atomic mass is 16.5. The maximum atomic E-state index is 12.8. The molecule has 2 unspecified atom stereocenters. The minimum absolute atomic E-state index is 0.0859. The predicted octanol–water partition coefficient (Wildman–Crippen LogP) is 13.1. The lowest BCUT2D eigenvalue weighted by Crippen LogP contribution is -2.32. The topological polar surface area (TPSA) is 71.0 Å². The number of aliphatic hydroxyl groups is 1. The number of unbranched alkanes of at least 4 members (excludes halogenated alkanes) is 23. The molecule has 0 saturated carbocycles. The molecule has 0 saturated heterocycles. The van der Waals surface area contributed by atoms with E-state index in [0.717, 1.165) is 32.4 Å². The third kappa shape index (κ3) is 43.9. The first kappa shape index (κ1) is 54.4. The number of nitrogens with zero attached hydrogens (tertiary/aromatic N) is 1. The fourth-order valence-corrected chi connectivity index (χ4v) is 7.06. The molecule has 2 N–H and O–H groups in total. The quantitative estimate of drug-likeness (QED) is 0.0478. The van der Waals surface area contributed by atoms with E-state index in [2.05, 4.69) is 45.0 Å². The minimum atomic E-state index is 0.0859. The van der Waals surface area contributed by atoms with Gasteiger partial charge in [-0.2, -0.15) is 0 Å². The van der Waals surface area contributed by atoms with Gasteiger partial charge < -0.3 is 24.8 Å². The fourth-order valence-electron chi connectivity index (χ4n) is 7.06. The number of hydrogen-bond donors (Lipinski definition) is 2. The lowest BCUT2D eigenvalue weighted by atomic mass is 9.94. The molecule has 6 nitrogen and oxygen atoms in total. The number of carbonyl (C=O) groups is 1. The van der Waals surface area contributed by atoms with E-state index in [-0.39, 0.29) is 11.9 Å². The van der Waals surface area contributed by atoms with Crippen molar-refractivity contribution in [2.75, 3.05) is 60.2 Å². The van der Waals surface area contributed by atoms with Gasteiger partial charge in [0.05, 0.1) is 12.5 Å². The van der Waals surface area contributed by atoms with Gasteiger partial charge in [0.25, 0.3) is 0 Å². The number of rotatable bonds is 42. The molecule has 0 spiro atoms. The molecular formula is C47H98N2O4. The normalized spacial score (nSPS) is 12.5. The van der Waals surface area contributed by atoms with Gasteiger partial charge in [0, 0.05) is 33.4 Å². The Morgan fingerprint density at radius 2 is 0.943 bits per heavy atom. The van der Waals surface area contributed by atoms with Gasteiger partial charge in [-0.3, -0.25) is 4.79 Å². The van der Waals surface area contributed by atoms with Gasteiger partial charge in [-0.1, -0.05) is 182 Å². The molecule has 0 bridgehead atoms. The van der Waals surface area contributed by atoms with Crippen molar-refractivity contribution in [1.82, 2.24) is 10.2 Å². The Bertz CT molecular complexity index is 679. The zero-order chi connectivity index (χ0) is 39.3. The van der Waals surface area contributed by atoms with Gasteiger partial charge in [-0.05, 0) is 71.0 Å². The summed E-state index contributed by atoms with van der Waals surface area (Å²) in [6.07, 6.45) is 39.3. The van der Waals surface area contributed by atoms with Crippen molar-refractivity contribution in [3.63, 3.8) is 0 Å². The zero-order valence-corrected chi connectivity index (χ0v) is 37.1. The van der Waals surface area contributed by atoms with E-state index in [1.807, 2.05) is 0 Å². The Morgan fingerprint density at radius 1 is 0.547 bits per heavy atom. The molecule has 0 aromatic carbocycles. The summed E-state index contributed by atoms with van der Waals surface area (Å²) in [5.74, 6) is 0.729. The maximum absolute atomic E-state index is 12.8. The van der Waals surface area contributed by atoms with Gasteiger partial charge >= 0.3 is 5.97 Å². The number of aliphatic hydroxyl groups excluding tert-OH is 1. The lowest BCUT2D eigenvalue weighted by Gasteiger charge is -2.22. The summed E-state index contributed by atoms with van der Waals surface area (Å²) in [5.41, 5.74) is 0. The Labute approximate surface area is 333 Å². The largest absolute Gasteiger partial charge is 0.465 e. The molecule has 0 heterocycles. The molecule has 320 valence electrons. The Balaban J connectivity index is 0. The van der Waals surface area contributed by atoms with Gasteiger partial charge in [0.15, 0.2) is 0 Å². The van der Waals surface area contributed by atoms with Crippen LogP contribution >= 0.6 is 0 Å². The van der Waals surface area contributed by atoms with E-state index in [1.54, 1.807) is 7.11 Å². The van der Waals surface area contributed by atoms with Crippen molar-refractivity contribution >= 4 is 5.97 Å². The van der Waals surface area contributed by atoms with Crippen LogP contribution in [0, 0.1) is 11.8 Å². The molecule has 0 aromatic rings. The average molecular weight is 755 g/mol.